The number of hydrogen-bond acceptors (Lipinski definition) is 4. The first kappa shape index (κ1) is 19.2. The van der Waals surface area contributed by atoms with Gasteiger partial charge >= 0.3 is 6.09 Å². The number of amides is 1. The molecular weight excluding hydrogens is 278 g/mol. The maximum atomic E-state index is 12.0. The lowest BCUT2D eigenvalue weighted by Gasteiger charge is -2.35. The van der Waals surface area contributed by atoms with Gasteiger partial charge in [0, 0.05) is 39.3 Å². The highest BCUT2D eigenvalue weighted by molar-refractivity contribution is 5.68. The monoisotopic (exact) mass is 313 g/mol. The van der Waals surface area contributed by atoms with Crippen molar-refractivity contribution in [1.82, 2.24) is 15.1 Å². The molecule has 0 aromatic carbocycles. The molecule has 0 aromatic rings. The topological polar surface area (TPSA) is 44.8 Å². The first-order valence-electron chi connectivity index (χ1n) is 8.76. The van der Waals surface area contributed by atoms with Crippen molar-refractivity contribution < 1.29 is 9.53 Å². The molecule has 5 nitrogen and oxygen atoms in total. The number of piperazine rings is 1. The zero-order chi connectivity index (χ0) is 16.6. The predicted molar refractivity (Wildman–Crippen MR) is 91.2 cm³/mol. The molecule has 0 unspecified atom stereocenters. The largest absolute Gasteiger partial charge is 0.444 e. The van der Waals surface area contributed by atoms with Crippen LogP contribution in [0.3, 0.4) is 0 Å². The van der Waals surface area contributed by atoms with E-state index in [0.717, 1.165) is 51.7 Å². The first-order chi connectivity index (χ1) is 10.4. The minimum Gasteiger partial charge on any atom is -0.444 e. The Labute approximate surface area is 136 Å². The SMILES string of the molecule is CCC(CC)CNCCN1CCN(C(=O)OC(C)(C)C)CC1. The Morgan fingerprint density at radius 3 is 2.23 bits per heavy atom. The molecule has 0 bridgehead atoms. The van der Waals surface area contributed by atoms with Gasteiger partial charge in [-0.3, -0.25) is 4.90 Å². The number of carbonyl (C=O) groups excluding carboxylic acids is 1. The van der Waals surface area contributed by atoms with Crippen LogP contribution in [-0.4, -0.2) is 67.3 Å². The summed E-state index contributed by atoms with van der Waals surface area (Å²) in [5, 5.41) is 3.55. The molecule has 0 saturated carbocycles. The zero-order valence-corrected chi connectivity index (χ0v) is 15.2. The number of hydrogen-bond donors (Lipinski definition) is 1. The molecule has 0 aliphatic carbocycles. The van der Waals surface area contributed by atoms with E-state index in [0.29, 0.717) is 0 Å². The Morgan fingerprint density at radius 2 is 1.73 bits per heavy atom. The van der Waals surface area contributed by atoms with E-state index in [2.05, 4.69) is 24.1 Å². The van der Waals surface area contributed by atoms with Gasteiger partial charge in [0.2, 0.25) is 0 Å². The summed E-state index contributed by atoms with van der Waals surface area (Å²) >= 11 is 0. The Hall–Kier alpha value is -0.810. The Morgan fingerprint density at radius 1 is 1.14 bits per heavy atom. The molecule has 0 atom stereocenters. The van der Waals surface area contributed by atoms with Crippen molar-refractivity contribution in [3.63, 3.8) is 0 Å². The number of carbonyl (C=O) groups is 1. The van der Waals surface area contributed by atoms with Crippen LogP contribution in [0.2, 0.25) is 0 Å². The van der Waals surface area contributed by atoms with Gasteiger partial charge in [0.25, 0.3) is 0 Å². The average molecular weight is 313 g/mol. The van der Waals surface area contributed by atoms with Crippen molar-refractivity contribution in [2.45, 2.75) is 53.1 Å². The second kappa shape index (κ2) is 9.36. The van der Waals surface area contributed by atoms with Gasteiger partial charge in [-0.15, -0.1) is 0 Å². The third kappa shape index (κ3) is 7.45. The van der Waals surface area contributed by atoms with Gasteiger partial charge in [-0.1, -0.05) is 26.7 Å². The summed E-state index contributed by atoms with van der Waals surface area (Å²) in [5.41, 5.74) is -0.409. The number of nitrogens with one attached hydrogen (secondary N) is 1. The molecule has 1 amide bonds. The van der Waals surface area contributed by atoms with Crippen LogP contribution in [0.25, 0.3) is 0 Å². The Bertz CT molecular complexity index is 316. The summed E-state index contributed by atoms with van der Waals surface area (Å²) in [6.07, 6.45) is 2.31. The van der Waals surface area contributed by atoms with Crippen molar-refractivity contribution in [1.29, 1.82) is 0 Å². The summed E-state index contributed by atoms with van der Waals surface area (Å²) in [5.74, 6) is 0.795. The van der Waals surface area contributed by atoms with Gasteiger partial charge in [-0.05, 0) is 33.2 Å². The fourth-order valence-corrected chi connectivity index (χ4v) is 2.60. The quantitative estimate of drug-likeness (QED) is 0.734. The fourth-order valence-electron chi connectivity index (χ4n) is 2.60. The molecule has 22 heavy (non-hydrogen) atoms. The van der Waals surface area contributed by atoms with Crippen LogP contribution in [0.5, 0.6) is 0 Å². The standard InChI is InChI=1S/C17H35N3O2/c1-6-15(7-2)14-18-8-9-19-10-12-20(13-11-19)16(21)22-17(3,4)5/h15,18H,6-14H2,1-5H3. The summed E-state index contributed by atoms with van der Waals surface area (Å²) in [4.78, 5) is 16.2. The van der Waals surface area contributed by atoms with E-state index in [1.54, 1.807) is 0 Å². The Kier molecular flexibility index (Phi) is 8.18. The maximum absolute atomic E-state index is 12.0. The van der Waals surface area contributed by atoms with Gasteiger partial charge in [-0.25, -0.2) is 4.79 Å². The summed E-state index contributed by atoms with van der Waals surface area (Å²) in [7, 11) is 0. The van der Waals surface area contributed by atoms with E-state index in [-0.39, 0.29) is 6.09 Å². The van der Waals surface area contributed by atoms with Crippen molar-refractivity contribution >= 4 is 6.09 Å². The van der Waals surface area contributed by atoms with Crippen LogP contribution in [-0.2, 0) is 4.74 Å². The minimum atomic E-state index is -0.409. The molecule has 130 valence electrons. The smallest absolute Gasteiger partial charge is 0.410 e. The van der Waals surface area contributed by atoms with Crippen LogP contribution in [0.1, 0.15) is 47.5 Å². The highest BCUT2D eigenvalue weighted by atomic mass is 16.6. The van der Waals surface area contributed by atoms with Crippen LogP contribution in [0, 0.1) is 5.92 Å². The van der Waals surface area contributed by atoms with Gasteiger partial charge in [0.15, 0.2) is 0 Å². The Balaban J connectivity index is 2.16. The molecule has 0 radical (unpaired) electrons. The van der Waals surface area contributed by atoms with Gasteiger partial charge in [-0.2, -0.15) is 0 Å². The van der Waals surface area contributed by atoms with Crippen LogP contribution in [0.15, 0.2) is 0 Å². The van der Waals surface area contributed by atoms with E-state index in [1.165, 1.54) is 12.8 Å². The molecule has 0 spiro atoms. The molecule has 1 heterocycles. The number of ether oxygens (including phenoxy) is 1. The molecule has 0 aromatic heterocycles. The lowest BCUT2D eigenvalue weighted by Crippen LogP contribution is -2.51. The summed E-state index contributed by atoms with van der Waals surface area (Å²) in [6.45, 7) is 16.8. The van der Waals surface area contributed by atoms with Crippen LogP contribution >= 0.6 is 0 Å². The minimum absolute atomic E-state index is 0.181. The third-order valence-electron chi connectivity index (χ3n) is 4.22. The van der Waals surface area contributed by atoms with Gasteiger partial charge in [0.05, 0.1) is 0 Å². The number of rotatable bonds is 7. The maximum Gasteiger partial charge on any atom is 0.410 e. The van der Waals surface area contributed by atoms with E-state index in [1.807, 2.05) is 25.7 Å². The van der Waals surface area contributed by atoms with Gasteiger partial charge < -0.3 is 15.0 Å². The second-order valence-corrected chi connectivity index (χ2v) is 7.20. The summed E-state index contributed by atoms with van der Waals surface area (Å²) in [6, 6.07) is 0. The van der Waals surface area contributed by atoms with Gasteiger partial charge in [0.1, 0.15) is 5.60 Å². The average Bonchev–Trinajstić information content (AvgIpc) is 2.46. The molecule has 1 rings (SSSR count). The molecular formula is C17H35N3O2. The van der Waals surface area contributed by atoms with Crippen molar-refractivity contribution in [2.75, 3.05) is 45.8 Å². The molecule has 1 saturated heterocycles. The molecule has 1 fully saturated rings. The normalized spacial score (nSPS) is 17.1. The van der Waals surface area contributed by atoms with E-state index >= 15 is 0 Å². The number of nitrogens with zero attached hydrogens (tertiary/aromatic N) is 2. The third-order valence-corrected chi connectivity index (χ3v) is 4.22. The lowest BCUT2D eigenvalue weighted by molar-refractivity contribution is 0.0146. The highest BCUT2D eigenvalue weighted by Crippen LogP contribution is 2.11. The van der Waals surface area contributed by atoms with Crippen molar-refractivity contribution in [3.8, 4) is 0 Å². The fraction of sp³-hybridized carbons (Fsp3) is 0.941. The molecule has 1 aliphatic rings. The first-order valence-corrected chi connectivity index (χ1v) is 8.76. The van der Waals surface area contributed by atoms with E-state index in [4.69, 9.17) is 4.74 Å². The summed E-state index contributed by atoms with van der Waals surface area (Å²) < 4.78 is 5.42. The van der Waals surface area contributed by atoms with Crippen molar-refractivity contribution in [2.24, 2.45) is 5.92 Å². The second-order valence-electron chi connectivity index (χ2n) is 7.20. The highest BCUT2D eigenvalue weighted by Gasteiger charge is 2.25. The molecule has 1 aliphatic heterocycles. The van der Waals surface area contributed by atoms with Crippen molar-refractivity contribution in [3.05, 3.63) is 0 Å². The predicted octanol–water partition coefficient (Wildman–Crippen LogP) is 2.56. The van der Waals surface area contributed by atoms with E-state index in [9.17, 15) is 4.79 Å². The lowest BCUT2D eigenvalue weighted by atomic mass is 10.0. The molecule has 1 N–H and O–H groups in total. The molecule has 5 heteroatoms. The van der Waals surface area contributed by atoms with Crippen LogP contribution < -0.4 is 5.32 Å². The van der Waals surface area contributed by atoms with E-state index < -0.39 is 5.60 Å². The van der Waals surface area contributed by atoms with Crippen LogP contribution in [0.4, 0.5) is 4.79 Å². The zero-order valence-electron chi connectivity index (χ0n) is 15.2.